The molecule has 0 saturated carbocycles. The standard InChI is InChI=1S/C16H23NO4/c1-5-10(2)15(16(19)20)17-14(18)9-21-13-8-6-7-11(3)12(13)4/h6-8,10,15H,5,9H2,1-4H3,(H,17,18)(H,19,20)/t10?,15-/m0/s1. The lowest BCUT2D eigenvalue weighted by Gasteiger charge is -2.20. The van der Waals surface area contributed by atoms with Crippen LogP contribution in [0.3, 0.4) is 0 Å². The molecule has 0 radical (unpaired) electrons. The highest BCUT2D eigenvalue weighted by atomic mass is 16.5. The van der Waals surface area contributed by atoms with Crippen LogP contribution in [0, 0.1) is 19.8 Å². The number of benzene rings is 1. The molecule has 2 N–H and O–H groups in total. The summed E-state index contributed by atoms with van der Waals surface area (Å²) in [7, 11) is 0. The van der Waals surface area contributed by atoms with Crippen molar-refractivity contribution in [1.82, 2.24) is 5.32 Å². The highest BCUT2D eigenvalue weighted by Gasteiger charge is 2.25. The lowest BCUT2D eigenvalue weighted by atomic mass is 9.99. The maximum Gasteiger partial charge on any atom is 0.326 e. The van der Waals surface area contributed by atoms with Crippen LogP contribution in [0.15, 0.2) is 18.2 Å². The Hall–Kier alpha value is -2.04. The Bertz CT molecular complexity index is 513. The van der Waals surface area contributed by atoms with Gasteiger partial charge in [-0.25, -0.2) is 4.79 Å². The normalized spacial score (nSPS) is 13.3. The van der Waals surface area contributed by atoms with Crippen molar-refractivity contribution >= 4 is 11.9 Å². The molecule has 5 nitrogen and oxygen atoms in total. The van der Waals surface area contributed by atoms with E-state index in [1.807, 2.05) is 32.9 Å². The second-order valence-electron chi connectivity index (χ2n) is 5.26. The summed E-state index contributed by atoms with van der Waals surface area (Å²) in [5, 5.41) is 11.6. The van der Waals surface area contributed by atoms with Crippen LogP contribution in [0.4, 0.5) is 0 Å². The summed E-state index contributed by atoms with van der Waals surface area (Å²) in [6.45, 7) is 7.38. The lowest BCUT2D eigenvalue weighted by Crippen LogP contribution is -2.46. The third kappa shape index (κ3) is 4.77. The van der Waals surface area contributed by atoms with Crippen LogP contribution in [0.25, 0.3) is 0 Å². The predicted octanol–water partition coefficient (Wildman–Crippen LogP) is 2.30. The van der Waals surface area contributed by atoms with Gasteiger partial charge in [-0.05, 0) is 37.0 Å². The van der Waals surface area contributed by atoms with Crippen LogP contribution in [-0.2, 0) is 9.59 Å². The summed E-state index contributed by atoms with van der Waals surface area (Å²) < 4.78 is 5.47. The van der Waals surface area contributed by atoms with Gasteiger partial charge in [-0.3, -0.25) is 4.79 Å². The van der Waals surface area contributed by atoms with E-state index in [0.717, 1.165) is 11.1 Å². The zero-order valence-corrected chi connectivity index (χ0v) is 13.0. The molecule has 0 bridgehead atoms. The molecular weight excluding hydrogens is 270 g/mol. The number of carboxylic acid groups (broad SMARTS) is 1. The highest BCUT2D eigenvalue weighted by molar-refractivity contribution is 5.84. The maximum atomic E-state index is 11.8. The Kier molecular flexibility index (Phi) is 6.21. The van der Waals surface area contributed by atoms with Gasteiger partial charge in [0.25, 0.3) is 5.91 Å². The first-order chi connectivity index (χ1) is 9.86. The number of hydrogen-bond acceptors (Lipinski definition) is 3. The van der Waals surface area contributed by atoms with Gasteiger partial charge in [0.2, 0.25) is 0 Å². The van der Waals surface area contributed by atoms with Gasteiger partial charge in [0.05, 0.1) is 0 Å². The van der Waals surface area contributed by atoms with Gasteiger partial charge < -0.3 is 15.2 Å². The lowest BCUT2D eigenvalue weighted by molar-refractivity contribution is -0.143. The monoisotopic (exact) mass is 293 g/mol. The predicted molar refractivity (Wildman–Crippen MR) is 80.4 cm³/mol. The second kappa shape index (κ2) is 7.67. The van der Waals surface area contributed by atoms with Gasteiger partial charge in [-0.15, -0.1) is 0 Å². The van der Waals surface area contributed by atoms with Crippen molar-refractivity contribution < 1.29 is 19.4 Å². The van der Waals surface area contributed by atoms with E-state index in [1.54, 1.807) is 13.0 Å². The third-order valence-electron chi connectivity index (χ3n) is 3.71. The summed E-state index contributed by atoms with van der Waals surface area (Å²) in [6, 6.07) is 4.73. The minimum absolute atomic E-state index is 0.132. The van der Waals surface area contributed by atoms with Crippen molar-refractivity contribution in [2.24, 2.45) is 5.92 Å². The topological polar surface area (TPSA) is 75.6 Å². The molecule has 1 unspecified atom stereocenters. The van der Waals surface area contributed by atoms with E-state index < -0.39 is 17.9 Å². The Labute approximate surface area is 125 Å². The first-order valence-corrected chi connectivity index (χ1v) is 7.08. The van der Waals surface area contributed by atoms with Gasteiger partial charge in [-0.1, -0.05) is 32.4 Å². The van der Waals surface area contributed by atoms with Crippen LogP contribution < -0.4 is 10.1 Å². The molecule has 5 heteroatoms. The highest BCUT2D eigenvalue weighted by Crippen LogP contribution is 2.20. The molecule has 1 aromatic carbocycles. The Balaban J connectivity index is 2.61. The number of nitrogens with one attached hydrogen (secondary N) is 1. The van der Waals surface area contributed by atoms with E-state index in [0.29, 0.717) is 12.2 Å². The van der Waals surface area contributed by atoms with E-state index in [1.165, 1.54) is 0 Å². The molecular formula is C16H23NO4. The molecule has 0 saturated heterocycles. The molecule has 0 aromatic heterocycles. The zero-order chi connectivity index (χ0) is 16.0. The van der Waals surface area contributed by atoms with Crippen molar-refractivity contribution in [1.29, 1.82) is 0 Å². The number of carbonyl (C=O) groups excluding carboxylic acids is 1. The van der Waals surface area contributed by atoms with E-state index in [2.05, 4.69) is 5.32 Å². The van der Waals surface area contributed by atoms with Crippen LogP contribution in [0.2, 0.25) is 0 Å². The molecule has 1 rings (SSSR count). The van der Waals surface area contributed by atoms with E-state index in [9.17, 15) is 9.59 Å². The van der Waals surface area contributed by atoms with Gasteiger partial charge in [0.1, 0.15) is 11.8 Å². The van der Waals surface area contributed by atoms with Crippen molar-refractivity contribution in [2.75, 3.05) is 6.61 Å². The fourth-order valence-electron chi connectivity index (χ4n) is 1.92. The molecule has 116 valence electrons. The van der Waals surface area contributed by atoms with E-state index in [-0.39, 0.29) is 12.5 Å². The van der Waals surface area contributed by atoms with Crippen LogP contribution >= 0.6 is 0 Å². The molecule has 0 aliphatic rings. The molecule has 1 amide bonds. The third-order valence-corrected chi connectivity index (χ3v) is 3.71. The smallest absolute Gasteiger partial charge is 0.326 e. The van der Waals surface area contributed by atoms with Gasteiger partial charge in [0.15, 0.2) is 6.61 Å². The van der Waals surface area contributed by atoms with Gasteiger partial charge >= 0.3 is 5.97 Å². The Morgan fingerprint density at radius 2 is 2.00 bits per heavy atom. The molecule has 0 aliphatic heterocycles. The second-order valence-corrected chi connectivity index (χ2v) is 5.26. The average Bonchev–Trinajstić information content (AvgIpc) is 2.45. The van der Waals surface area contributed by atoms with E-state index in [4.69, 9.17) is 9.84 Å². The number of carboxylic acids is 1. The summed E-state index contributed by atoms with van der Waals surface area (Å²) in [4.78, 5) is 23.0. The minimum atomic E-state index is -1.02. The van der Waals surface area contributed by atoms with Gasteiger partial charge in [-0.2, -0.15) is 0 Å². The van der Waals surface area contributed by atoms with Gasteiger partial charge in [0, 0.05) is 0 Å². The molecule has 0 heterocycles. The van der Waals surface area contributed by atoms with Crippen molar-refractivity contribution in [2.45, 2.75) is 40.2 Å². The maximum absolute atomic E-state index is 11.8. The largest absolute Gasteiger partial charge is 0.483 e. The minimum Gasteiger partial charge on any atom is -0.483 e. The Morgan fingerprint density at radius 3 is 2.57 bits per heavy atom. The molecule has 0 aliphatic carbocycles. The van der Waals surface area contributed by atoms with Crippen molar-refractivity contribution in [3.63, 3.8) is 0 Å². The number of rotatable bonds is 7. The van der Waals surface area contributed by atoms with Crippen molar-refractivity contribution in [3.8, 4) is 5.75 Å². The van der Waals surface area contributed by atoms with Crippen LogP contribution in [-0.4, -0.2) is 29.6 Å². The van der Waals surface area contributed by atoms with E-state index >= 15 is 0 Å². The number of carbonyl (C=O) groups is 2. The zero-order valence-electron chi connectivity index (χ0n) is 13.0. The number of hydrogen-bond donors (Lipinski definition) is 2. The van der Waals surface area contributed by atoms with Crippen LogP contribution in [0.5, 0.6) is 5.75 Å². The number of aryl methyl sites for hydroxylation is 1. The number of amides is 1. The molecule has 2 atom stereocenters. The molecule has 0 fully saturated rings. The average molecular weight is 293 g/mol. The fraction of sp³-hybridized carbons (Fsp3) is 0.500. The molecule has 21 heavy (non-hydrogen) atoms. The Morgan fingerprint density at radius 1 is 1.33 bits per heavy atom. The summed E-state index contributed by atoms with van der Waals surface area (Å²) in [5.41, 5.74) is 2.05. The first-order valence-electron chi connectivity index (χ1n) is 7.08. The fourth-order valence-corrected chi connectivity index (χ4v) is 1.92. The summed E-state index contributed by atoms with van der Waals surface area (Å²) in [5.74, 6) is -0.944. The number of aliphatic carboxylic acids is 1. The first kappa shape index (κ1) is 17.0. The number of ether oxygens (including phenoxy) is 1. The SMILES string of the molecule is CCC(C)[C@H](NC(=O)COc1cccc(C)c1C)C(=O)O. The van der Waals surface area contributed by atoms with Crippen molar-refractivity contribution in [3.05, 3.63) is 29.3 Å². The van der Waals surface area contributed by atoms with Crippen LogP contribution in [0.1, 0.15) is 31.4 Å². The summed E-state index contributed by atoms with van der Waals surface area (Å²) >= 11 is 0. The molecule has 0 spiro atoms. The quantitative estimate of drug-likeness (QED) is 0.809. The molecule has 1 aromatic rings. The summed E-state index contributed by atoms with van der Waals surface area (Å²) in [6.07, 6.45) is 0.676.